The summed E-state index contributed by atoms with van der Waals surface area (Å²) in [6.07, 6.45) is 0. The molecule has 5 heteroatoms. The van der Waals surface area contributed by atoms with Crippen LogP contribution in [0.25, 0.3) is 0 Å². The first-order valence-corrected chi connectivity index (χ1v) is 5.19. The number of ether oxygens (including phenoxy) is 1. The molecular weight excluding hydrogens is 222 g/mol. The molecule has 1 fully saturated rings. The first-order chi connectivity index (χ1) is 8.07. The summed E-state index contributed by atoms with van der Waals surface area (Å²) < 4.78 is 5.02. The van der Waals surface area contributed by atoms with Crippen molar-refractivity contribution in [1.29, 1.82) is 0 Å². The zero-order valence-electron chi connectivity index (χ0n) is 9.10. The van der Waals surface area contributed by atoms with Gasteiger partial charge < -0.3 is 4.74 Å². The molecule has 1 heterocycles. The van der Waals surface area contributed by atoms with E-state index in [9.17, 15) is 14.4 Å². The lowest BCUT2D eigenvalue weighted by Gasteiger charge is -2.24. The Morgan fingerprint density at radius 1 is 1.12 bits per heavy atom. The smallest absolute Gasteiger partial charge is 0.322 e. The van der Waals surface area contributed by atoms with E-state index in [4.69, 9.17) is 4.74 Å². The Kier molecular flexibility index (Phi) is 1.80. The van der Waals surface area contributed by atoms with Crippen molar-refractivity contribution in [2.75, 3.05) is 13.6 Å². The summed E-state index contributed by atoms with van der Waals surface area (Å²) >= 11 is 0. The van der Waals surface area contributed by atoms with Gasteiger partial charge in [-0.1, -0.05) is 24.3 Å². The SMILES string of the molecule is CN1CC(=O)OC12C(=O)c1ccccc1C2=O. The molecule has 0 N–H and O–H groups in total. The molecule has 17 heavy (non-hydrogen) atoms. The third-order valence-electron chi connectivity index (χ3n) is 3.20. The molecule has 86 valence electrons. The van der Waals surface area contributed by atoms with E-state index in [0.717, 1.165) is 0 Å². The van der Waals surface area contributed by atoms with Crippen molar-refractivity contribution in [3.63, 3.8) is 0 Å². The third kappa shape index (κ3) is 1.04. The van der Waals surface area contributed by atoms with Gasteiger partial charge in [0.05, 0.1) is 0 Å². The second-order valence-corrected chi connectivity index (χ2v) is 4.18. The molecule has 0 saturated carbocycles. The summed E-state index contributed by atoms with van der Waals surface area (Å²) in [4.78, 5) is 37.1. The highest BCUT2D eigenvalue weighted by Crippen LogP contribution is 2.37. The van der Waals surface area contributed by atoms with Crippen molar-refractivity contribution in [2.24, 2.45) is 0 Å². The van der Waals surface area contributed by atoms with Crippen molar-refractivity contribution in [3.8, 4) is 0 Å². The lowest BCUT2D eigenvalue weighted by atomic mass is 10.1. The summed E-state index contributed by atoms with van der Waals surface area (Å²) in [6.45, 7) is -0.0501. The largest absolute Gasteiger partial charge is 0.427 e. The van der Waals surface area contributed by atoms with Gasteiger partial charge in [0.15, 0.2) is 0 Å². The van der Waals surface area contributed by atoms with Crippen molar-refractivity contribution < 1.29 is 19.1 Å². The number of Topliss-reactive ketones (excluding diaryl/α,β-unsaturated/α-hetero) is 2. The van der Waals surface area contributed by atoms with Crippen LogP contribution in [-0.2, 0) is 9.53 Å². The van der Waals surface area contributed by atoms with E-state index < -0.39 is 23.3 Å². The second-order valence-electron chi connectivity index (χ2n) is 4.18. The minimum absolute atomic E-state index is 0.0501. The number of benzene rings is 1. The lowest BCUT2D eigenvalue weighted by molar-refractivity contribution is -0.143. The molecule has 0 aromatic heterocycles. The van der Waals surface area contributed by atoms with Gasteiger partial charge in [-0.3, -0.25) is 14.4 Å². The van der Waals surface area contributed by atoms with Gasteiger partial charge >= 0.3 is 5.97 Å². The molecule has 1 aliphatic carbocycles. The average molecular weight is 231 g/mol. The maximum Gasteiger partial charge on any atom is 0.322 e. The van der Waals surface area contributed by atoms with Crippen LogP contribution in [0.1, 0.15) is 20.7 Å². The van der Waals surface area contributed by atoms with E-state index in [0.29, 0.717) is 11.1 Å². The fourth-order valence-corrected chi connectivity index (χ4v) is 2.37. The van der Waals surface area contributed by atoms with E-state index >= 15 is 0 Å². The van der Waals surface area contributed by atoms with Crippen LogP contribution in [0.3, 0.4) is 0 Å². The van der Waals surface area contributed by atoms with Gasteiger partial charge in [-0.25, -0.2) is 4.90 Å². The van der Waals surface area contributed by atoms with E-state index in [-0.39, 0.29) is 6.54 Å². The molecule has 0 atom stereocenters. The predicted octanol–water partition coefficient (Wildman–Crippen LogP) is 0.250. The molecule has 0 bridgehead atoms. The number of carbonyl (C=O) groups excluding carboxylic acids is 3. The standard InChI is InChI=1S/C12H9NO4/c1-13-6-9(14)17-12(13)10(15)7-4-2-3-5-8(7)11(12)16/h2-5H,6H2,1H3. The van der Waals surface area contributed by atoms with Crippen molar-refractivity contribution in [3.05, 3.63) is 35.4 Å². The first kappa shape index (κ1) is 10.2. The molecule has 2 aliphatic rings. The Hall–Kier alpha value is -2.01. The molecule has 0 radical (unpaired) electrons. The zero-order chi connectivity index (χ0) is 12.2. The van der Waals surface area contributed by atoms with Gasteiger partial charge in [-0.15, -0.1) is 0 Å². The maximum atomic E-state index is 12.2. The average Bonchev–Trinajstić information content (AvgIpc) is 2.72. The quantitative estimate of drug-likeness (QED) is 0.473. The molecular formula is C12H9NO4. The topological polar surface area (TPSA) is 63.7 Å². The second kappa shape index (κ2) is 3.01. The Balaban J connectivity index is 2.22. The molecule has 3 rings (SSSR count). The highest BCUT2D eigenvalue weighted by atomic mass is 16.6. The van der Waals surface area contributed by atoms with Crippen LogP contribution >= 0.6 is 0 Å². The Morgan fingerprint density at radius 2 is 1.65 bits per heavy atom. The number of ketones is 2. The molecule has 1 spiro atoms. The van der Waals surface area contributed by atoms with Gasteiger partial charge in [-0.05, 0) is 7.05 Å². The van der Waals surface area contributed by atoms with Crippen LogP contribution in [0.15, 0.2) is 24.3 Å². The highest BCUT2D eigenvalue weighted by Gasteiger charge is 2.62. The normalized spacial score (nSPS) is 22.1. The summed E-state index contributed by atoms with van der Waals surface area (Å²) in [5.74, 6) is -1.46. The van der Waals surface area contributed by atoms with Gasteiger partial charge in [0.1, 0.15) is 6.54 Å². The number of hydrogen-bond donors (Lipinski definition) is 0. The fourth-order valence-electron chi connectivity index (χ4n) is 2.37. The summed E-state index contributed by atoms with van der Waals surface area (Å²) in [5, 5.41) is 0. The van der Waals surface area contributed by atoms with Crippen LogP contribution < -0.4 is 0 Å². The monoisotopic (exact) mass is 231 g/mol. The highest BCUT2D eigenvalue weighted by molar-refractivity contribution is 6.32. The van der Waals surface area contributed by atoms with Crippen LogP contribution in [0, 0.1) is 0 Å². The number of fused-ring (bicyclic) bond motifs is 1. The number of likely N-dealkylation sites (N-methyl/N-ethyl adjacent to an activating group) is 1. The number of carbonyl (C=O) groups is 3. The maximum absolute atomic E-state index is 12.2. The number of nitrogens with zero attached hydrogens (tertiary/aromatic N) is 1. The number of rotatable bonds is 0. The van der Waals surface area contributed by atoms with E-state index in [2.05, 4.69) is 0 Å². The zero-order valence-corrected chi connectivity index (χ0v) is 9.10. The summed E-state index contributed by atoms with van der Waals surface area (Å²) in [6, 6.07) is 6.51. The molecule has 0 unspecified atom stereocenters. The van der Waals surface area contributed by atoms with Crippen molar-refractivity contribution in [1.82, 2.24) is 4.90 Å². The molecule has 5 nitrogen and oxygen atoms in total. The van der Waals surface area contributed by atoms with Gasteiger partial charge in [0, 0.05) is 11.1 Å². The molecule has 1 aliphatic heterocycles. The van der Waals surface area contributed by atoms with Crippen LogP contribution in [-0.4, -0.2) is 41.8 Å². The fraction of sp³-hybridized carbons (Fsp3) is 0.250. The first-order valence-electron chi connectivity index (χ1n) is 5.19. The Labute approximate surface area is 97.0 Å². The Bertz CT molecular complexity index is 528. The van der Waals surface area contributed by atoms with E-state index in [1.165, 1.54) is 11.9 Å². The molecule has 1 saturated heterocycles. The minimum Gasteiger partial charge on any atom is -0.427 e. The Morgan fingerprint density at radius 3 is 2.06 bits per heavy atom. The third-order valence-corrected chi connectivity index (χ3v) is 3.20. The molecule has 1 aromatic carbocycles. The molecule has 0 amide bonds. The lowest BCUT2D eigenvalue weighted by Crippen LogP contribution is -2.52. The predicted molar refractivity (Wildman–Crippen MR) is 56.6 cm³/mol. The minimum atomic E-state index is -1.75. The van der Waals surface area contributed by atoms with Crippen LogP contribution in [0.5, 0.6) is 0 Å². The van der Waals surface area contributed by atoms with Crippen LogP contribution in [0.4, 0.5) is 0 Å². The van der Waals surface area contributed by atoms with Crippen LogP contribution in [0.2, 0.25) is 0 Å². The van der Waals surface area contributed by atoms with Gasteiger partial charge in [-0.2, -0.15) is 0 Å². The van der Waals surface area contributed by atoms with Gasteiger partial charge in [0.2, 0.25) is 11.6 Å². The van der Waals surface area contributed by atoms with Crippen molar-refractivity contribution >= 4 is 17.5 Å². The summed E-state index contributed by atoms with van der Waals surface area (Å²) in [5.41, 5.74) is -1.11. The van der Waals surface area contributed by atoms with E-state index in [1.807, 2.05) is 0 Å². The van der Waals surface area contributed by atoms with Gasteiger partial charge in [0.25, 0.3) is 5.72 Å². The molecule has 1 aromatic rings. The van der Waals surface area contributed by atoms with E-state index in [1.54, 1.807) is 24.3 Å². The number of hydrogen-bond acceptors (Lipinski definition) is 5. The van der Waals surface area contributed by atoms with Crippen molar-refractivity contribution in [2.45, 2.75) is 5.72 Å². The summed E-state index contributed by atoms with van der Waals surface area (Å²) in [7, 11) is 1.53. The number of esters is 1.